The van der Waals surface area contributed by atoms with Gasteiger partial charge in [-0.2, -0.15) is 0 Å². The summed E-state index contributed by atoms with van der Waals surface area (Å²) in [6.45, 7) is 10.6. The Kier molecular flexibility index (Phi) is 11.3. The van der Waals surface area contributed by atoms with Gasteiger partial charge < -0.3 is 26.0 Å². The van der Waals surface area contributed by atoms with E-state index in [0.29, 0.717) is 23.2 Å². The number of nitrogens with one attached hydrogen (secondary N) is 2. The van der Waals surface area contributed by atoms with Gasteiger partial charge in [-0.3, -0.25) is 14.4 Å². The van der Waals surface area contributed by atoms with E-state index in [1.165, 1.54) is 4.90 Å². The van der Waals surface area contributed by atoms with Crippen molar-refractivity contribution < 1.29 is 23.9 Å². The molecule has 0 aromatic heterocycles. The van der Waals surface area contributed by atoms with E-state index in [4.69, 9.17) is 16.9 Å². The van der Waals surface area contributed by atoms with Crippen molar-refractivity contribution in [3.8, 4) is 12.3 Å². The van der Waals surface area contributed by atoms with Crippen molar-refractivity contribution in [3.63, 3.8) is 0 Å². The fourth-order valence-corrected chi connectivity index (χ4v) is 4.17. The average molecular weight is 549 g/mol. The molecular weight excluding hydrogens is 508 g/mol. The Bertz CT molecular complexity index is 1260. The number of carbonyl (C=O) groups excluding carboxylic acids is 4. The molecule has 0 fully saturated rings. The summed E-state index contributed by atoms with van der Waals surface area (Å²) in [6.07, 6.45) is 5.22. The molecule has 9 nitrogen and oxygen atoms in total. The van der Waals surface area contributed by atoms with Crippen molar-refractivity contribution in [1.29, 1.82) is 0 Å². The molecule has 0 spiro atoms. The summed E-state index contributed by atoms with van der Waals surface area (Å²) in [5, 5.41) is 5.54. The van der Waals surface area contributed by atoms with Gasteiger partial charge in [-0.15, -0.1) is 6.42 Å². The second kappa shape index (κ2) is 14.2. The number of hydrogen-bond acceptors (Lipinski definition) is 5. The van der Waals surface area contributed by atoms with Crippen LogP contribution in [-0.4, -0.2) is 46.4 Å². The standard InChI is InChI=1S/C31H40N4O5/c1-8-21(4)35(29(38)25(18-19-26(32)36)34-30(39)40-31(5,6)7)27(23-16-12-11-15-22(23)9-2)28(37)33-24-17-13-10-14-20(24)3/h2,10-17,21,25,27H,8,18-19H2,1,3-7H3,(H2,32,36)(H,33,37)(H,34,39). The van der Waals surface area contributed by atoms with Gasteiger partial charge in [0, 0.05) is 23.7 Å². The number of para-hydroxylation sites is 1. The quantitative estimate of drug-likeness (QED) is 0.357. The highest BCUT2D eigenvalue weighted by atomic mass is 16.6. The lowest BCUT2D eigenvalue weighted by Gasteiger charge is -2.38. The van der Waals surface area contributed by atoms with Crippen molar-refractivity contribution in [1.82, 2.24) is 10.2 Å². The number of benzene rings is 2. The monoisotopic (exact) mass is 548 g/mol. The van der Waals surface area contributed by atoms with Gasteiger partial charge in [0.2, 0.25) is 11.8 Å². The molecule has 0 aliphatic rings. The van der Waals surface area contributed by atoms with Gasteiger partial charge >= 0.3 is 6.09 Å². The number of terminal acetylenes is 1. The molecule has 2 rings (SSSR count). The zero-order valence-electron chi connectivity index (χ0n) is 24.1. The molecule has 2 aromatic carbocycles. The molecule has 0 bridgehead atoms. The summed E-state index contributed by atoms with van der Waals surface area (Å²) < 4.78 is 5.37. The van der Waals surface area contributed by atoms with Crippen LogP contribution in [0.25, 0.3) is 0 Å². The summed E-state index contributed by atoms with van der Waals surface area (Å²) in [5.41, 5.74) is 6.89. The van der Waals surface area contributed by atoms with Gasteiger partial charge in [0.05, 0.1) is 0 Å². The van der Waals surface area contributed by atoms with E-state index in [9.17, 15) is 19.2 Å². The maximum atomic E-state index is 14.3. The molecule has 0 saturated heterocycles. The number of aryl methyl sites for hydroxylation is 1. The van der Waals surface area contributed by atoms with Gasteiger partial charge in [0.25, 0.3) is 5.91 Å². The number of nitrogens with zero attached hydrogens (tertiary/aromatic N) is 1. The molecule has 4 N–H and O–H groups in total. The lowest BCUT2D eigenvalue weighted by molar-refractivity contribution is -0.143. The van der Waals surface area contributed by atoms with E-state index in [1.54, 1.807) is 57.2 Å². The third-order valence-electron chi connectivity index (χ3n) is 6.33. The molecule has 9 heteroatoms. The maximum Gasteiger partial charge on any atom is 0.408 e. The van der Waals surface area contributed by atoms with Crippen LogP contribution in [0.4, 0.5) is 10.5 Å². The highest BCUT2D eigenvalue weighted by Gasteiger charge is 2.39. The Morgan fingerprint density at radius 3 is 2.27 bits per heavy atom. The first-order valence-corrected chi connectivity index (χ1v) is 13.3. The lowest BCUT2D eigenvalue weighted by atomic mass is 9.95. The number of nitrogens with two attached hydrogens (primary N) is 1. The third kappa shape index (κ3) is 8.87. The Morgan fingerprint density at radius 1 is 1.07 bits per heavy atom. The lowest BCUT2D eigenvalue weighted by Crippen LogP contribution is -2.55. The Labute approximate surface area is 236 Å². The van der Waals surface area contributed by atoms with E-state index in [2.05, 4.69) is 16.6 Å². The molecule has 0 aliphatic heterocycles. The van der Waals surface area contributed by atoms with Crippen LogP contribution in [0.15, 0.2) is 48.5 Å². The predicted octanol–water partition coefficient (Wildman–Crippen LogP) is 4.44. The normalized spacial score (nSPS) is 13.2. The predicted molar refractivity (Wildman–Crippen MR) is 155 cm³/mol. The minimum absolute atomic E-state index is 0.0801. The Hall–Kier alpha value is -4.32. The smallest absolute Gasteiger partial charge is 0.408 e. The number of alkyl carbamates (subject to hydrolysis) is 1. The summed E-state index contributed by atoms with van der Waals surface area (Å²) >= 11 is 0. The minimum Gasteiger partial charge on any atom is -0.444 e. The summed E-state index contributed by atoms with van der Waals surface area (Å²) in [7, 11) is 0. The van der Waals surface area contributed by atoms with Crippen molar-refractivity contribution in [2.24, 2.45) is 5.73 Å². The summed E-state index contributed by atoms with van der Waals surface area (Å²) in [5.74, 6) is 0.935. The first-order valence-electron chi connectivity index (χ1n) is 13.3. The van der Waals surface area contributed by atoms with Crippen LogP contribution < -0.4 is 16.4 Å². The van der Waals surface area contributed by atoms with Crippen molar-refractivity contribution in [3.05, 3.63) is 65.2 Å². The summed E-state index contributed by atoms with van der Waals surface area (Å²) in [6, 6.07) is 11.4. The van der Waals surface area contributed by atoms with Crippen molar-refractivity contribution in [2.45, 2.75) is 84.5 Å². The van der Waals surface area contributed by atoms with Crippen LogP contribution >= 0.6 is 0 Å². The van der Waals surface area contributed by atoms with E-state index in [-0.39, 0.29) is 12.8 Å². The van der Waals surface area contributed by atoms with E-state index in [0.717, 1.165) is 5.56 Å². The number of primary amides is 1. The minimum atomic E-state index is -1.19. The highest BCUT2D eigenvalue weighted by molar-refractivity contribution is 6.00. The third-order valence-corrected chi connectivity index (χ3v) is 6.33. The van der Waals surface area contributed by atoms with Crippen LogP contribution in [0, 0.1) is 19.3 Å². The molecule has 3 unspecified atom stereocenters. The second-order valence-electron chi connectivity index (χ2n) is 10.6. The van der Waals surface area contributed by atoms with Gasteiger partial charge in [-0.1, -0.05) is 49.2 Å². The van der Waals surface area contributed by atoms with E-state index < -0.39 is 47.5 Å². The molecule has 214 valence electrons. The molecule has 0 heterocycles. The number of hydrogen-bond donors (Lipinski definition) is 3. The molecule has 0 saturated carbocycles. The highest BCUT2D eigenvalue weighted by Crippen LogP contribution is 2.30. The van der Waals surface area contributed by atoms with Crippen LogP contribution in [0.3, 0.4) is 0 Å². The number of carbonyl (C=O) groups is 4. The Balaban J connectivity index is 2.64. The molecule has 0 radical (unpaired) electrons. The topological polar surface area (TPSA) is 131 Å². The van der Waals surface area contributed by atoms with Crippen molar-refractivity contribution >= 4 is 29.5 Å². The van der Waals surface area contributed by atoms with Gasteiger partial charge in [0.15, 0.2) is 0 Å². The molecular formula is C31H40N4O5. The number of rotatable bonds is 11. The molecule has 40 heavy (non-hydrogen) atoms. The number of anilines is 1. The first-order chi connectivity index (χ1) is 18.8. The first kappa shape index (κ1) is 31.9. The van der Waals surface area contributed by atoms with Gasteiger partial charge in [0.1, 0.15) is 17.7 Å². The molecule has 2 aromatic rings. The van der Waals surface area contributed by atoms with Crippen LogP contribution in [0.1, 0.15) is 76.6 Å². The second-order valence-corrected chi connectivity index (χ2v) is 10.6. The molecule has 0 aliphatic carbocycles. The average Bonchev–Trinajstić information content (AvgIpc) is 2.88. The zero-order chi connectivity index (χ0) is 30.0. The maximum absolute atomic E-state index is 14.3. The van der Waals surface area contributed by atoms with Crippen LogP contribution in [0.5, 0.6) is 0 Å². The fraction of sp³-hybridized carbons (Fsp3) is 0.419. The number of ether oxygens (including phenoxy) is 1. The Morgan fingerprint density at radius 2 is 1.70 bits per heavy atom. The van der Waals surface area contributed by atoms with E-state index in [1.807, 2.05) is 32.9 Å². The zero-order valence-corrected chi connectivity index (χ0v) is 24.1. The summed E-state index contributed by atoms with van der Waals surface area (Å²) in [4.78, 5) is 54.1. The van der Waals surface area contributed by atoms with Gasteiger partial charge in [-0.05, 0) is 70.7 Å². The van der Waals surface area contributed by atoms with Gasteiger partial charge in [-0.25, -0.2) is 4.79 Å². The van der Waals surface area contributed by atoms with Crippen molar-refractivity contribution in [2.75, 3.05) is 5.32 Å². The molecule has 3 atom stereocenters. The number of amides is 4. The SMILES string of the molecule is C#Cc1ccccc1C(C(=O)Nc1ccccc1C)N(C(=O)C(CCC(N)=O)NC(=O)OC(C)(C)C)C(C)CC. The van der Waals surface area contributed by atoms with Crippen LogP contribution in [0.2, 0.25) is 0 Å². The molecule has 4 amide bonds. The van der Waals surface area contributed by atoms with E-state index >= 15 is 0 Å². The van der Waals surface area contributed by atoms with Crippen LogP contribution in [-0.2, 0) is 19.1 Å². The fourth-order valence-electron chi connectivity index (χ4n) is 4.17. The largest absolute Gasteiger partial charge is 0.444 e.